The Labute approximate surface area is 115 Å². The van der Waals surface area contributed by atoms with Crippen LogP contribution in [0.25, 0.3) is 0 Å². The molecule has 96 valence electrons. The maximum absolute atomic E-state index is 11.5. The molecule has 0 fully saturated rings. The summed E-state index contributed by atoms with van der Waals surface area (Å²) in [6.07, 6.45) is 0.104. The second-order valence-electron chi connectivity index (χ2n) is 3.55. The predicted molar refractivity (Wildman–Crippen MR) is 70.7 cm³/mol. The Kier molecular flexibility index (Phi) is 5.66. The summed E-state index contributed by atoms with van der Waals surface area (Å²) in [6, 6.07) is 5.46. The van der Waals surface area contributed by atoms with E-state index in [-0.39, 0.29) is 12.4 Å². The topological polar surface area (TPSA) is 59.3 Å². The number of halogens is 1. The zero-order valence-corrected chi connectivity index (χ0v) is 11.9. The lowest BCUT2D eigenvalue weighted by Crippen LogP contribution is -2.09. The fraction of sp³-hybridized carbons (Fsp3) is 0.385. The first-order valence-corrected chi connectivity index (χ1v) is 6.59. The van der Waals surface area contributed by atoms with Crippen molar-refractivity contribution in [2.45, 2.75) is 18.7 Å². The van der Waals surface area contributed by atoms with Crippen molar-refractivity contribution in [3.05, 3.63) is 28.8 Å². The minimum atomic E-state index is -0.327. The fourth-order valence-corrected chi connectivity index (χ4v) is 2.10. The number of carbonyl (C=O) groups excluding carboxylic acids is 1. The van der Waals surface area contributed by atoms with Gasteiger partial charge in [-0.2, -0.15) is 5.26 Å². The summed E-state index contributed by atoms with van der Waals surface area (Å²) in [5.41, 5.74) is 2.02. The van der Waals surface area contributed by atoms with E-state index in [4.69, 9.17) is 14.7 Å². The van der Waals surface area contributed by atoms with Gasteiger partial charge in [-0.3, -0.25) is 4.79 Å². The molecule has 0 radical (unpaired) electrons. The van der Waals surface area contributed by atoms with E-state index in [0.29, 0.717) is 28.8 Å². The van der Waals surface area contributed by atoms with Gasteiger partial charge < -0.3 is 9.47 Å². The van der Waals surface area contributed by atoms with Crippen molar-refractivity contribution in [3.8, 4) is 11.8 Å². The third-order valence-corrected chi connectivity index (χ3v) is 2.96. The molecular weight excluding hydrogens is 298 g/mol. The predicted octanol–water partition coefficient (Wildman–Crippen LogP) is 2.57. The molecule has 1 rings (SSSR count). The van der Waals surface area contributed by atoms with Gasteiger partial charge in [0.25, 0.3) is 0 Å². The van der Waals surface area contributed by atoms with Gasteiger partial charge in [-0.1, -0.05) is 15.9 Å². The van der Waals surface area contributed by atoms with Crippen LogP contribution in [0.5, 0.6) is 5.75 Å². The Bertz CT molecular complexity index is 480. The van der Waals surface area contributed by atoms with Crippen molar-refractivity contribution in [3.63, 3.8) is 0 Å². The van der Waals surface area contributed by atoms with Crippen LogP contribution >= 0.6 is 15.9 Å². The summed E-state index contributed by atoms with van der Waals surface area (Å²) in [5.74, 6) is 0.297. The number of benzene rings is 1. The highest BCUT2D eigenvalue weighted by molar-refractivity contribution is 9.08. The molecule has 4 nitrogen and oxygen atoms in total. The van der Waals surface area contributed by atoms with Crippen molar-refractivity contribution in [2.75, 3.05) is 13.7 Å². The van der Waals surface area contributed by atoms with Crippen LogP contribution in [0, 0.1) is 11.3 Å². The van der Waals surface area contributed by atoms with Gasteiger partial charge in [0.1, 0.15) is 5.75 Å². The molecule has 0 N–H and O–H groups in total. The Morgan fingerprint density at radius 3 is 2.61 bits per heavy atom. The van der Waals surface area contributed by atoms with E-state index in [1.807, 2.05) is 0 Å². The Hall–Kier alpha value is -1.54. The lowest BCUT2D eigenvalue weighted by Gasteiger charge is -2.12. The Balaban J connectivity index is 3.15. The number of hydrogen-bond donors (Lipinski definition) is 0. The molecule has 0 aliphatic carbocycles. The van der Waals surface area contributed by atoms with Crippen molar-refractivity contribution < 1.29 is 14.3 Å². The summed E-state index contributed by atoms with van der Waals surface area (Å²) in [4.78, 5) is 11.5. The highest BCUT2D eigenvalue weighted by Crippen LogP contribution is 2.28. The van der Waals surface area contributed by atoms with Crippen LogP contribution in [0.4, 0.5) is 0 Å². The monoisotopic (exact) mass is 311 g/mol. The first-order valence-electron chi connectivity index (χ1n) is 5.47. The molecule has 0 heterocycles. The minimum Gasteiger partial charge on any atom is -0.496 e. The second-order valence-corrected chi connectivity index (χ2v) is 4.12. The van der Waals surface area contributed by atoms with E-state index in [9.17, 15) is 4.79 Å². The van der Waals surface area contributed by atoms with Crippen LogP contribution in [-0.2, 0) is 21.3 Å². The summed E-state index contributed by atoms with van der Waals surface area (Å²) in [7, 11) is 1.54. The van der Waals surface area contributed by atoms with Gasteiger partial charge in [0.2, 0.25) is 0 Å². The quantitative estimate of drug-likeness (QED) is 0.619. The molecule has 0 saturated carbocycles. The summed E-state index contributed by atoms with van der Waals surface area (Å²) in [5, 5.41) is 9.52. The first kappa shape index (κ1) is 14.5. The minimum absolute atomic E-state index is 0.104. The molecule has 0 unspecified atom stereocenters. The molecule has 0 spiro atoms. The van der Waals surface area contributed by atoms with Crippen LogP contribution in [0.15, 0.2) is 12.1 Å². The van der Waals surface area contributed by atoms with Gasteiger partial charge in [0.05, 0.1) is 31.8 Å². The number of esters is 1. The second kappa shape index (κ2) is 7.02. The molecule has 0 aromatic heterocycles. The molecule has 0 amide bonds. The largest absolute Gasteiger partial charge is 0.496 e. The molecule has 18 heavy (non-hydrogen) atoms. The normalized spacial score (nSPS) is 9.67. The zero-order valence-electron chi connectivity index (χ0n) is 10.3. The number of ether oxygens (including phenoxy) is 2. The summed E-state index contributed by atoms with van der Waals surface area (Å²) < 4.78 is 10.2. The third kappa shape index (κ3) is 3.47. The molecular formula is C13H14BrNO3. The maximum Gasteiger partial charge on any atom is 0.310 e. The van der Waals surface area contributed by atoms with Crippen LogP contribution in [0.2, 0.25) is 0 Å². The number of nitrogens with zero attached hydrogens (tertiary/aromatic N) is 1. The van der Waals surface area contributed by atoms with Crippen LogP contribution in [0.1, 0.15) is 23.6 Å². The van der Waals surface area contributed by atoms with Crippen molar-refractivity contribution in [1.29, 1.82) is 5.26 Å². The van der Waals surface area contributed by atoms with Crippen LogP contribution in [0.3, 0.4) is 0 Å². The fourth-order valence-electron chi connectivity index (χ4n) is 1.68. The first-order chi connectivity index (χ1) is 8.65. The lowest BCUT2D eigenvalue weighted by molar-refractivity contribution is -0.142. The average Bonchev–Trinajstić information content (AvgIpc) is 2.37. The number of hydrogen-bond acceptors (Lipinski definition) is 4. The van der Waals surface area contributed by atoms with Crippen LogP contribution in [-0.4, -0.2) is 19.7 Å². The number of rotatable bonds is 5. The van der Waals surface area contributed by atoms with Crippen molar-refractivity contribution in [1.82, 2.24) is 0 Å². The van der Waals surface area contributed by atoms with Gasteiger partial charge in [-0.05, 0) is 19.1 Å². The van der Waals surface area contributed by atoms with E-state index < -0.39 is 0 Å². The summed E-state index contributed by atoms with van der Waals surface area (Å²) in [6.45, 7) is 2.09. The molecule has 0 aliphatic heterocycles. The average molecular weight is 312 g/mol. The molecule has 0 saturated heterocycles. The highest BCUT2D eigenvalue weighted by atomic mass is 79.9. The van der Waals surface area contributed by atoms with Crippen molar-refractivity contribution >= 4 is 21.9 Å². The smallest absolute Gasteiger partial charge is 0.310 e. The molecule has 1 aromatic rings. The van der Waals surface area contributed by atoms with E-state index in [0.717, 1.165) is 5.56 Å². The van der Waals surface area contributed by atoms with Crippen molar-refractivity contribution in [2.24, 2.45) is 0 Å². The van der Waals surface area contributed by atoms with Crippen LogP contribution < -0.4 is 4.74 Å². The Morgan fingerprint density at radius 1 is 1.44 bits per heavy atom. The molecule has 1 aromatic carbocycles. The van der Waals surface area contributed by atoms with Gasteiger partial charge >= 0.3 is 5.97 Å². The van der Waals surface area contributed by atoms with E-state index in [1.54, 1.807) is 26.2 Å². The SMILES string of the molecule is CCOC(=O)Cc1cc(C#N)cc(CBr)c1OC. The van der Waals surface area contributed by atoms with Gasteiger partial charge in [0, 0.05) is 16.5 Å². The summed E-state index contributed by atoms with van der Waals surface area (Å²) >= 11 is 3.34. The van der Waals surface area contributed by atoms with E-state index in [1.165, 1.54) is 0 Å². The van der Waals surface area contributed by atoms with Gasteiger partial charge in [-0.15, -0.1) is 0 Å². The number of methoxy groups -OCH3 is 1. The Morgan fingerprint density at radius 2 is 2.11 bits per heavy atom. The third-order valence-electron chi connectivity index (χ3n) is 2.36. The zero-order chi connectivity index (χ0) is 13.5. The van der Waals surface area contributed by atoms with Gasteiger partial charge in [0.15, 0.2) is 0 Å². The molecule has 0 bridgehead atoms. The van der Waals surface area contributed by atoms with E-state index in [2.05, 4.69) is 22.0 Å². The highest BCUT2D eigenvalue weighted by Gasteiger charge is 2.14. The lowest BCUT2D eigenvalue weighted by atomic mass is 10.0. The number of carbonyl (C=O) groups is 1. The molecule has 0 aliphatic rings. The molecule has 5 heteroatoms. The standard InChI is InChI=1S/C13H14BrNO3/c1-3-18-12(16)6-10-4-9(8-15)5-11(7-14)13(10)17-2/h4-5H,3,6-7H2,1-2H3. The van der Waals surface area contributed by atoms with E-state index >= 15 is 0 Å². The number of nitriles is 1. The number of alkyl halides is 1. The maximum atomic E-state index is 11.5. The van der Waals surface area contributed by atoms with Gasteiger partial charge in [-0.25, -0.2) is 0 Å². The molecule has 0 atom stereocenters.